The smallest absolute Gasteiger partial charge is 0.234 e. The van der Waals surface area contributed by atoms with Crippen molar-refractivity contribution >= 4 is 34.6 Å². The van der Waals surface area contributed by atoms with Crippen LogP contribution in [0, 0.1) is 0 Å². The van der Waals surface area contributed by atoms with Crippen LogP contribution in [0.4, 0.5) is 0 Å². The Morgan fingerprint density at radius 1 is 1.14 bits per heavy atom. The summed E-state index contributed by atoms with van der Waals surface area (Å²) >= 11 is 1.50. The molecule has 0 atom stereocenters. The van der Waals surface area contributed by atoms with E-state index in [1.165, 1.54) is 11.8 Å². The van der Waals surface area contributed by atoms with Crippen LogP contribution in [0.1, 0.15) is 27.7 Å². The average molecular weight is 418 g/mol. The molecular weight excluding hydrogens is 386 g/mol. The monoisotopic (exact) mass is 417 g/mol. The molecule has 0 spiro atoms. The lowest BCUT2D eigenvalue weighted by Gasteiger charge is -2.34. The first-order valence-electron chi connectivity index (χ1n) is 10.2. The lowest BCUT2D eigenvalue weighted by molar-refractivity contribution is -0.130. The summed E-state index contributed by atoms with van der Waals surface area (Å²) in [6, 6.07) is 8.06. The number of carbonyl (C=O) groups is 2. The van der Waals surface area contributed by atoms with Gasteiger partial charge in [-0.05, 0) is 39.8 Å². The zero-order chi connectivity index (χ0) is 21.0. The first kappa shape index (κ1) is 21.6. The molecule has 8 heteroatoms. The van der Waals surface area contributed by atoms with Gasteiger partial charge in [-0.2, -0.15) is 0 Å². The second kappa shape index (κ2) is 9.17. The molecule has 7 nitrogen and oxygen atoms in total. The highest BCUT2D eigenvalue weighted by Gasteiger charge is 2.24. The number of imidazole rings is 1. The van der Waals surface area contributed by atoms with Gasteiger partial charge in [0, 0.05) is 38.3 Å². The minimum atomic E-state index is -0.221. The van der Waals surface area contributed by atoms with Crippen molar-refractivity contribution in [2.24, 2.45) is 0 Å². The molecule has 2 aromatic rings. The molecule has 1 aromatic carbocycles. The lowest BCUT2D eigenvalue weighted by Crippen LogP contribution is -2.53. The average Bonchev–Trinajstić information content (AvgIpc) is 3.02. The van der Waals surface area contributed by atoms with E-state index in [0.29, 0.717) is 25.4 Å². The van der Waals surface area contributed by atoms with E-state index in [0.717, 1.165) is 35.8 Å². The van der Waals surface area contributed by atoms with Gasteiger partial charge in [0.1, 0.15) is 0 Å². The van der Waals surface area contributed by atoms with Gasteiger partial charge >= 0.3 is 0 Å². The molecule has 0 radical (unpaired) electrons. The molecule has 0 aliphatic carbocycles. The highest BCUT2D eigenvalue weighted by molar-refractivity contribution is 7.99. The van der Waals surface area contributed by atoms with E-state index in [1.54, 1.807) is 0 Å². The molecule has 29 heavy (non-hydrogen) atoms. The van der Waals surface area contributed by atoms with Crippen LogP contribution >= 0.6 is 11.8 Å². The second-order valence-corrected chi connectivity index (χ2v) is 9.31. The van der Waals surface area contributed by atoms with Gasteiger partial charge in [-0.15, -0.1) is 0 Å². The number of piperazine rings is 1. The Morgan fingerprint density at radius 2 is 1.83 bits per heavy atom. The molecule has 3 rings (SSSR count). The summed E-state index contributed by atoms with van der Waals surface area (Å²) in [6.45, 7) is 12.0. The third-order valence-corrected chi connectivity index (χ3v) is 5.83. The molecule has 1 aliphatic rings. The Morgan fingerprint density at radius 3 is 2.48 bits per heavy atom. The van der Waals surface area contributed by atoms with Crippen LogP contribution in [-0.2, 0) is 16.1 Å². The van der Waals surface area contributed by atoms with Crippen molar-refractivity contribution in [2.45, 2.75) is 44.9 Å². The topological polar surface area (TPSA) is 70.5 Å². The predicted molar refractivity (Wildman–Crippen MR) is 117 cm³/mol. The van der Waals surface area contributed by atoms with Crippen LogP contribution in [0.25, 0.3) is 11.0 Å². The number of thioether (sulfide) groups is 1. The molecule has 2 heterocycles. The number of para-hydroxylation sites is 2. The first-order valence-corrected chi connectivity index (χ1v) is 11.1. The highest BCUT2D eigenvalue weighted by Crippen LogP contribution is 2.24. The van der Waals surface area contributed by atoms with Crippen LogP contribution in [0.2, 0.25) is 0 Å². The summed E-state index contributed by atoms with van der Waals surface area (Å²) in [4.78, 5) is 33.4. The summed E-state index contributed by atoms with van der Waals surface area (Å²) in [5.41, 5.74) is 1.85. The van der Waals surface area contributed by atoms with Gasteiger partial charge in [0.05, 0.1) is 23.3 Å². The quantitative estimate of drug-likeness (QED) is 0.730. The number of aromatic nitrogens is 2. The van der Waals surface area contributed by atoms with E-state index in [2.05, 4.69) is 32.8 Å². The van der Waals surface area contributed by atoms with E-state index in [1.807, 2.05) is 43.9 Å². The molecule has 0 unspecified atom stereocenters. The fourth-order valence-electron chi connectivity index (χ4n) is 3.50. The van der Waals surface area contributed by atoms with Crippen LogP contribution in [-0.4, -0.2) is 75.2 Å². The maximum Gasteiger partial charge on any atom is 0.234 e. The van der Waals surface area contributed by atoms with Gasteiger partial charge in [-0.3, -0.25) is 14.5 Å². The molecule has 1 aromatic heterocycles. The van der Waals surface area contributed by atoms with Crippen LogP contribution in [0.5, 0.6) is 0 Å². The normalized spacial score (nSPS) is 15.7. The molecule has 158 valence electrons. The number of benzene rings is 1. The maximum absolute atomic E-state index is 12.7. The third kappa shape index (κ3) is 5.73. The summed E-state index contributed by atoms with van der Waals surface area (Å²) in [6.07, 6.45) is 0. The summed E-state index contributed by atoms with van der Waals surface area (Å²) < 4.78 is 2.15. The molecule has 1 fully saturated rings. The predicted octanol–water partition coefficient (Wildman–Crippen LogP) is 2.21. The largest absolute Gasteiger partial charge is 0.350 e. The van der Waals surface area contributed by atoms with Crippen molar-refractivity contribution in [3.8, 4) is 0 Å². The van der Waals surface area contributed by atoms with E-state index in [-0.39, 0.29) is 17.4 Å². The second-order valence-electron chi connectivity index (χ2n) is 8.37. The van der Waals surface area contributed by atoms with Crippen LogP contribution in [0.3, 0.4) is 0 Å². The Labute approximate surface area is 176 Å². The standard InChI is InChI=1S/C21H31N5O2S/c1-5-26-17-9-7-6-8-16(17)22-20(26)29-15-19(28)25-12-10-24(11-13-25)14-18(27)23-21(2,3)4/h6-9H,5,10-15H2,1-4H3,(H,23,27). The van der Waals surface area contributed by atoms with Crippen LogP contribution < -0.4 is 5.32 Å². The zero-order valence-electron chi connectivity index (χ0n) is 17.8. The van der Waals surface area contributed by atoms with Gasteiger partial charge in [0.15, 0.2) is 5.16 Å². The van der Waals surface area contributed by atoms with Crippen molar-refractivity contribution in [3.05, 3.63) is 24.3 Å². The molecule has 0 bridgehead atoms. The number of nitrogens with zero attached hydrogens (tertiary/aromatic N) is 4. The van der Waals surface area contributed by atoms with E-state index >= 15 is 0 Å². The molecule has 2 amide bonds. The Bertz CT molecular complexity index is 866. The van der Waals surface area contributed by atoms with Crippen molar-refractivity contribution in [1.82, 2.24) is 24.7 Å². The summed E-state index contributed by atoms with van der Waals surface area (Å²) in [7, 11) is 0. The molecule has 1 N–H and O–H groups in total. The summed E-state index contributed by atoms with van der Waals surface area (Å²) in [5, 5.41) is 3.88. The zero-order valence-corrected chi connectivity index (χ0v) is 18.6. The van der Waals surface area contributed by atoms with Gasteiger partial charge in [0.25, 0.3) is 0 Å². The lowest BCUT2D eigenvalue weighted by atomic mass is 10.1. The highest BCUT2D eigenvalue weighted by atomic mass is 32.2. The minimum Gasteiger partial charge on any atom is -0.350 e. The Kier molecular flexibility index (Phi) is 6.85. The fourth-order valence-corrected chi connectivity index (χ4v) is 4.48. The number of amides is 2. The van der Waals surface area contributed by atoms with Gasteiger partial charge in [-0.1, -0.05) is 23.9 Å². The third-order valence-electron chi connectivity index (χ3n) is 4.87. The number of hydrogen-bond donors (Lipinski definition) is 1. The maximum atomic E-state index is 12.7. The number of carbonyl (C=O) groups excluding carboxylic acids is 2. The van der Waals surface area contributed by atoms with Gasteiger partial charge in [0.2, 0.25) is 11.8 Å². The Hall–Kier alpha value is -2.06. The van der Waals surface area contributed by atoms with Crippen molar-refractivity contribution in [2.75, 3.05) is 38.5 Å². The van der Waals surface area contributed by atoms with Gasteiger partial charge < -0.3 is 14.8 Å². The number of hydrogen-bond acceptors (Lipinski definition) is 5. The number of nitrogens with one attached hydrogen (secondary N) is 1. The molecule has 1 aliphatic heterocycles. The summed E-state index contributed by atoms with van der Waals surface area (Å²) in [5.74, 6) is 0.545. The van der Waals surface area contributed by atoms with E-state index < -0.39 is 0 Å². The minimum absolute atomic E-state index is 0.0336. The van der Waals surface area contributed by atoms with E-state index in [4.69, 9.17) is 0 Å². The fraction of sp³-hybridized carbons (Fsp3) is 0.571. The number of rotatable bonds is 6. The van der Waals surface area contributed by atoms with Crippen molar-refractivity contribution in [1.29, 1.82) is 0 Å². The molecule has 1 saturated heterocycles. The van der Waals surface area contributed by atoms with Crippen molar-refractivity contribution in [3.63, 3.8) is 0 Å². The van der Waals surface area contributed by atoms with Gasteiger partial charge in [-0.25, -0.2) is 4.98 Å². The molecule has 0 saturated carbocycles. The number of fused-ring (bicyclic) bond motifs is 1. The molecular formula is C21H31N5O2S. The first-order chi connectivity index (χ1) is 13.8. The van der Waals surface area contributed by atoms with Crippen LogP contribution in [0.15, 0.2) is 29.4 Å². The van der Waals surface area contributed by atoms with Crippen molar-refractivity contribution < 1.29 is 9.59 Å². The van der Waals surface area contributed by atoms with E-state index in [9.17, 15) is 9.59 Å². The SMILES string of the molecule is CCn1c(SCC(=O)N2CCN(CC(=O)NC(C)(C)C)CC2)nc2ccccc21. The Balaban J connectivity index is 1.49. The number of aryl methyl sites for hydroxylation is 1.